The Morgan fingerprint density at radius 1 is 1.29 bits per heavy atom. The molecule has 0 radical (unpaired) electrons. The zero-order valence-electron chi connectivity index (χ0n) is 13.5. The predicted octanol–water partition coefficient (Wildman–Crippen LogP) is 0.564. The molecule has 0 aromatic heterocycles. The lowest BCUT2D eigenvalue weighted by atomic mass is 10.0. The molecule has 3 rings (SSSR count). The fraction of sp³-hybridized carbons (Fsp3) is 0.562. The third-order valence-electron chi connectivity index (χ3n) is 4.79. The van der Waals surface area contributed by atoms with Crippen molar-refractivity contribution in [3.63, 3.8) is 0 Å². The number of aliphatic hydroxyl groups is 1. The molecule has 24 heavy (non-hydrogen) atoms. The van der Waals surface area contributed by atoms with Crippen LogP contribution in [0.4, 0.5) is 0 Å². The summed E-state index contributed by atoms with van der Waals surface area (Å²) in [5.74, 6) is -0.225. The van der Waals surface area contributed by atoms with Crippen molar-refractivity contribution in [3.05, 3.63) is 34.3 Å². The molecule has 2 aliphatic rings. The Kier molecular flexibility index (Phi) is 4.88. The number of piperazine rings is 1. The van der Waals surface area contributed by atoms with Gasteiger partial charge in [-0.3, -0.25) is 9.69 Å². The molecule has 0 bridgehead atoms. The van der Waals surface area contributed by atoms with Crippen molar-refractivity contribution in [2.24, 2.45) is 0 Å². The fourth-order valence-corrected chi connectivity index (χ4v) is 5.85. The molecule has 2 fully saturated rings. The van der Waals surface area contributed by atoms with Crippen LogP contribution in [0.3, 0.4) is 0 Å². The highest BCUT2D eigenvalue weighted by Gasteiger charge is 2.48. The smallest absolute Gasteiger partial charge is 0.255 e. The van der Waals surface area contributed by atoms with Crippen LogP contribution in [-0.4, -0.2) is 79.1 Å². The van der Waals surface area contributed by atoms with Crippen LogP contribution in [0.2, 0.25) is 5.02 Å². The van der Waals surface area contributed by atoms with Crippen molar-refractivity contribution in [3.8, 4) is 0 Å². The van der Waals surface area contributed by atoms with Gasteiger partial charge in [0.25, 0.3) is 5.91 Å². The van der Waals surface area contributed by atoms with Crippen molar-refractivity contribution in [1.29, 1.82) is 0 Å². The number of sulfone groups is 1. The Bertz CT molecular complexity index is 752. The number of aryl methyl sites for hydroxylation is 1. The van der Waals surface area contributed by atoms with E-state index in [1.807, 2.05) is 17.9 Å². The van der Waals surface area contributed by atoms with E-state index in [2.05, 4.69) is 0 Å². The molecule has 2 aliphatic heterocycles. The molecule has 1 amide bonds. The van der Waals surface area contributed by atoms with Crippen LogP contribution in [0.1, 0.15) is 15.9 Å². The number of hydrogen-bond donors (Lipinski definition) is 1. The van der Waals surface area contributed by atoms with Crippen LogP contribution in [-0.2, 0) is 9.84 Å². The van der Waals surface area contributed by atoms with Crippen LogP contribution >= 0.6 is 11.6 Å². The molecule has 6 nitrogen and oxygen atoms in total. The van der Waals surface area contributed by atoms with Gasteiger partial charge >= 0.3 is 0 Å². The molecule has 2 saturated heterocycles. The normalized spacial score (nSPS) is 26.4. The van der Waals surface area contributed by atoms with Gasteiger partial charge in [-0.1, -0.05) is 23.2 Å². The lowest BCUT2D eigenvalue weighted by Gasteiger charge is -2.43. The van der Waals surface area contributed by atoms with Gasteiger partial charge in [0, 0.05) is 25.7 Å². The third kappa shape index (κ3) is 3.31. The van der Waals surface area contributed by atoms with Gasteiger partial charge in [-0.15, -0.1) is 0 Å². The number of fused-ring (bicyclic) bond motifs is 1. The minimum Gasteiger partial charge on any atom is -0.395 e. The molecule has 0 saturated carbocycles. The second-order valence-corrected chi connectivity index (χ2v) is 9.01. The summed E-state index contributed by atoms with van der Waals surface area (Å²) in [5, 5.41) is 9.58. The molecule has 132 valence electrons. The number of amides is 1. The van der Waals surface area contributed by atoms with Crippen molar-refractivity contribution in [2.75, 3.05) is 37.7 Å². The number of carbonyl (C=O) groups excluding carboxylic acids is 1. The zero-order chi connectivity index (χ0) is 17.5. The van der Waals surface area contributed by atoms with Crippen LogP contribution in [0.5, 0.6) is 0 Å². The van der Waals surface area contributed by atoms with Gasteiger partial charge in [-0.05, 0) is 19.1 Å². The Morgan fingerprint density at radius 2 is 2.00 bits per heavy atom. The summed E-state index contributed by atoms with van der Waals surface area (Å²) >= 11 is 6.18. The highest BCUT2D eigenvalue weighted by atomic mass is 35.5. The lowest BCUT2D eigenvalue weighted by molar-refractivity contribution is 0.0281. The maximum absolute atomic E-state index is 13.0. The minimum absolute atomic E-state index is 0.0269. The first kappa shape index (κ1) is 17.7. The van der Waals surface area contributed by atoms with E-state index < -0.39 is 9.84 Å². The molecule has 1 aromatic rings. The predicted molar refractivity (Wildman–Crippen MR) is 92.1 cm³/mol. The van der Waals surface area contributed by atoms with Gasteiger partial charge in [0.15, 0.2) is 9.84 Å². The summed E-state index contributed by atoms with van der Waals surface area (Å²) in [6.45, 7) is 3.26. The van der Waals surface area contributed by atoms with E-state index in [0.717, 1.165) is 5.56 Å². The maximum atomic E-state index is 13.0. The average Bonchev–Trinajstić information content (AvgIpc) is 2.85. The second kappa shape index (κ2) is 6.63. The van der Waals surface area contributed by atoms with Crippen LogP contribution in [0.25, 0.3) is 0 Å². The van der Waals surface area contributed by atoms with Crippen LogP contribution in [0, 0.1) is 6.92 Å². The summed E-state index contributed by atoms with van der Waals surface area (Å²) < 4.78 is 24.2. The number of aliphatic hydroxyl groups excluding tert-OH is 1. The first-order valence-electron chi connectivity index (χ1n) is 7.95. The lowest BCUT2D eigenvalue weighted by Crippen LogP contribution is -2.61. The van der Waals surface area contributed by atoms with E-state index in [4.69, 9.17) is 11.6 Å². The number of hydrogen-bond acceptors (Lipinski definition) is 5. The quantitative estimate of drug-likeness (QED) is 0.839. The molecule has 1 aromatic carbocycles. The highest BCUT2D eigenvalue weighted by Crippen LogP contribution is 2.29. The first-order chi connectivity index (χ1) is 11.3. The van der Waals surface area contributed by atoms with Crippen LogP contribution in [0.15, 0.2) is 18.2 Å². The number of carbonyl (C=O) groups is 1. The molecule has 2 heterocycles. The molecule has 0 aliphatic carbocycles. The monoisotopic (exact) mass is 372 g/mol. The second-order valence-electron chi connectivity index (χ2n) is 6.45. The Balaban J connectivity index is 1.91. The van der Waals surface area contributed by atoms with Gasteiger partial charge in [0.1, 0.15) is 0 Å². The SMILES string of the molecule is Cc1ccc(Cl)c(C(=O)N2CCN(CCO)[C@@H]3CS(=O)(=O)C[C@@H]32)c1. The number of nitrogens with zero attached hydrogens (tertiary/aromatic N) is 2. The molecule has 1 N–H and O–H groups in total. The molecular formula is C16H21ClN2O4S. The van der Waals surface area contributed by atoms with Crippen molar-refractivity contribution in [2.45, 2.75) is 19.0 Å². The van der Waals surface area contributed by atoms with Gasteiger partial charge in [0.2, 0.25) is 0 Å². The molecule has 2 atom stereocenters. The average molecular weight is 373 g/mol. The molecular weight excluding hydrogens is 352 g/mol. The standard InChI is InChI=1S/C16H21ClN2O4S/c1-11-2-3-13(17)12(8-11)16(21)19-5-4-18(6-7-20)14-9-24(22,23)10-15(14)19/h2-3,8,14-15,20H,4-7,9-10H2,1H3/t14-,15+/m1/s1. The van der Waals surface area contributed by atoms with E-state index in [0.29, 0.717) is 30.2 Å². The van der Waals surface area contributed by atoms with Gasteiger partial charge in [0.05, 0.1) is 34.7 Å². The Labute approximate surface area is 146 Å². The van der Waals surface area contributed by atoms with E-state index in [1.165, 1.54) is 0 Å². The number of β-amino-alcohol motifs (C(OH)–C–C–N with tert-alkyl or cyclic N) is 1. The van der Waals surface area contributed by atoms with Crippen molar-refractivity contribution < 1.29 is 18.3 Å². The minimum atomic E-state index is -3.20. The molecule has 0 unspecified atom stereocenters. The summed E-state index contributed by atoms with van der Waals surface area (Å²) in [6, 6.07) is 4.61. The van der Waals surface area contributed by atoms with Crippen LogP contribution < -0.4 is 0 Å². The molecule has 0 spiro atoms. The Hall–Kier alpha value is -1.15. The highest BCUT2D eigenvalue weighted by molar-refractivity contribution is 7.91. The summed E-state index contributed by atoms with van der Waals surface area (Å²) in [5.41, 5.74) is 1.34. The van der Waals surface area contributed by atoms with E-state index in [1.54, 1.807) is 17.0 Å². The van der Waals surface area contributed by atoms with Gasteiger partial charge in [-0.25, -0.2) is 8.42 Å². The Morgan fingerprint density at radius 3 is 2.71 bits per heavy atom. The van der Waals surface area contributed by atoms with Gasteiger partial charge < -0.3 is 10.0 Å². The van der Waals surface area contributed by atoms with E-state index in [9.17, 15) is 18.3 Å². The summed E-state index contributed by atoms with van der Waals surface area (Å²) in [7, 11) is -3.20. The fourth-order valence-electron chi connectivity index (χ4n) is 3.64. The van der Waals surface area contributed by atoms with E-state index >= 15 is 0 Å². The van der Waals surface area contributed by atoms with Crippen molar-refractivity contribution in [1.82, 2.24) is 9.80 Å². The number of halogens is 1. The topological polar surface area (TPSA) is 77.9 Å². The van der Waals surface area contributed by atoms with Crippen molar-refractivity contribution >= 4 is 27.3 Å². The summed E-state index contributed by atoms with van der Waals surface area (Å²) in [4.78, 5) is 16.6. The third-order valence-corrected chi connectivity index (χ3v) is 6.82. The first-order valence-corrected chi connectivity index (χ1v) is 10.1. The molecule has 8 heteroatoms. The number of benzene rings is 1. The maximum Gasteiger partial charge on any atom is 0.255 e. The summed E-state index contributed by atoms with van der Waals surface area (Å²) in [6.07, 6.45) is 0. The largest absolute Gasteiger partial charge is 0.395 e. The van der Waals surface area contributed by atoms with E-state index in [-0.39, 0.29) is 36.1 Å². The zero-order valence-corrected chi connectivity index (χ0v) is 15.1. The van der Waals surface area contributed by atoms with Gasteiger partial charge in [-0.2, -0.15) is 0 Å². The number of rotatable bonds is 3.